The fourth-order valence-electron chi connectivity index (χ4n) is 3.83. The average Bonchev–Trinajstić information content (AvgIpc) is 3.18. The molecule has 0 saturated carbocycles. The zero-order valence-electron chi connectivity index (χ0n) is 14.8. The van der Waals surface area contributed by atoms with Crippen molar-refractivity contribution in [1.82, 2.24) is 10.2 Å². The normalized spacial score (nSPS) is 21.8. The first-order valence-electron chi connectivity index (χ1n) is 8.74. The lowest BCUT2D eigenvalue weighted by Gasteiger charge is -2.31. The first-order chi connectivity index (χ1) is 12.4. The van der Waals surface area contributed by atoms with Crippen molar-refractivity contribution in [3.8, 4) is 0 Å². The van der Waals surface area contributed by atoms with Gasteiger partial charge in [-0.15, -0.1) is 11.3 Å². The third kappa shape index (κ3) is 2.48. The van der Waals surface area contributed by atoms with E-state index in [-0.39, 0.29) is 18.2 Å². The Balaban J connectivity index is 1.61. The van der Waals surface area contributed by atoms with Crippen LogP contribution < -0.4 is 5.32 Å². The van der Waals surface area contributed by atoms with E-state index in [1.807, 2.05) is 37.4 Å². The molecule has 1 N–H and O–H groups in total. The molecule has 6 heteroatoms. The Morgan fingerprint density at radius 2 is 2.04 bits per heavy atom. The summed E-state index contributed by atoms with van der Waals surface area (Å²) in [7, 11) is 0. The predicted molar refractivity (Wildman–Crippen MR) is 99.4 cm³/mol. The second-order valence-electron chi connectivity index (χ2n) is 7.06. The van der Waals surface area contributed by atoms with Crippen molar-refractivity contribution in [2.24, 2.45) is 0 Å². The Morgan fingerprint density at radius 1 is 1.23 bits per heavy atom. The minimum atomic E-state index is -0.992. The minimum absolute atomic E-state index is 0.227. The first-order valence-corrected chi connectivity index (χ1v) is 9.62. The topological polar surface area (TPSA) is 66.5 Å². The molecule has 1 atom stereocenters. The van der Waals surface area contributed by atoms with Gasteiger partial charge in [0, 0.05) is 16.0 Å². The molecule has 1 aromatic carbocycles. The maximum Gasteiger partial charge on any atom is 0.325 e. The molecule has 5 nitrogen and oxygen atoms in total. The number of hydrogen-bond acceptors (Lipinski definition) is 4. The molecule has 2 aliphatic rings. The van der Waals surface area contributed by atoms with Crippen LogP contribution in [0.25, 0.3) is 0 Å². The number of imide groups is 1. The predicted octanol–water partition coefficient (Wildman–Crippen LogP) is 3.33. The van der Waals surface area contributed by atoms with Crippen molar-refractivity contribution in [1.29, 1.82) is 0 Å². The maximum absolute atomic E-state index is 13.1. The van der Waals surface area contributed by atoms with E-state index in [0.29, 0.717) is 12.0 Å². The third-order valence-corrected chi connectivity index (χ3v) is 6.45. The lowest BCUT2D eigenvalue weighted by atomic mass is 9.80. The molecule has 0 bridgehead atoms. The number of thiophene rings is 1. The molecule has 2 aromatic rings. The van der Waals surface area contributed by atoms with Gasteiger partial charge in [0.15, 0.2) is 5.78 Å². The van der Waals surface area contributed by atoms with Crippen LogP contribution in [0.3, 0.4) is 0 Å². The summed E-state index contributed by atoms with van der Waals surface area (Å²) in [6.45, 7) is 3.69. The zero-order chi connectivity index (χ0) is 18.5. The van der Waals surface area contributed by atoms with Crippen LogP contribution in [0.15, 0.2) is 29.6 Å². The number of nitrogens with zero attached hydrogens (tertiary/aromatic N) is 1. The number of aryl methyl sites for hydroxylation is 3. The standard InChI is InChI=1S/C20H20N2O3S/c1-12-5-6-14(10-13(12)2)16(23)11-22-18(24)20(21-19(22)25)8-3-4-17-15(20)7-9-26-17/h5-7,9-10H,3-4,8,11H2,1-2H3,(H,21,25). The van der Waals surface area contributed by atoms with Crippen molar-refractivity contribution in [2.75, 3.05) is 6.54 Å². The van der Waals surface area contributed by atoms with Crippen LogP contribution >= 0.6 is 11.3 Å². The Labute approximate surface area is 156 Å². The van der Waals surface area contributed by atoms with E-state index in [4.69, 9.17) is 0 Å². The number of fused-ring (bicyclic) bond motifs is 2. The van der Waals surface area contributed by atoms with Crippen molar-refractivity contribution in [2.45, 2.75) is 38.6 Å². The first kappa shape index (κ1) is 17.0. The van der Waals surface area contributed by atoms with Crippen LogP contribution in [-0.2, 0) is 16.8 Å². The van der Waals surface area contributed by atoms with Crippen LogP contribution in [0, 0.1) is 13.8 Å². The van der Waals surface area contributed by atoms with E-state index in [0.717, 1.165) is 39.3 Å². The van der Waals surface area contributed by atoms with Crippen molar-refractivity contribution < 1.29 is 14.4 Å². The summed E-state index contributed by atoms with van der Waals surface area (Å²) < 4.78 is 0. The number of ketones is 1. The van der Waals surface area contributed by atoms with Crippen molar-refractivity contribution >= 4 is 29.1 Å². The number of amides is 3. The third-order valence-electron chi connectivity index (χ3n) is 5.47. The Hall–Kier alpha value is -2.47. The molecule has 3 amide bonds. The second kappa shape index (κ2) is 6.06. The Morgan fingerprint density at radius 3 is 2.81 bits per heavy atom. The quantitative estimate of drug-likeness (QED) is 0.667. The molecule has 1 aromatic heterocycles. The lowest BCUT2D eigenvalue weighted by molar-refractivity contribution is -0.131. The SMILES string of the molecule is Cc1ccc(C(=O)CN2C(=O)NC3(CCCc4sccc43)C2=O)cc1C. The number of rotatable bonds is 3. The van der Waals surface area contributed by atoms with Gasteiger partial charge in [0.05, 0.1) is 6.54 Å². The van der Waals surface area contributed by atoms with Crippen molar-refractivity contribution in [3.05, 3.63) is 56.8 Å². The number of benzene rings is 1. The highest BCUT2D eigenvalue weighted by Gasteiger charge is 2.54. The number of nitrogens with one attached hydrogen (secondary N) is 1. The number of carbonyl (C=O) groups excluding carboxylic acids is 3. The zero-order valence-corrected chi connectivity index (χ0v) is 15.6. The molecule has 1 fully saturated rings. The molecule has 134 valence electrons. The summed E-state index contributed by atoms with van der Waals surface area (Å²) in [6.07, 6.45) is 2.35. The second-order valence-corrected chi connectivity index (χ2v) is 8.06. The van der Waals surface area contributed by atoms with Crippen LogP contribution in [0.4, 0.5) is 4.79 Å². The fourth-order valence-corrected chi connectivity index (χ4v) is 4.83. The van der Waals surface area contributed by atoms with Crippen molar-refractivity contribution in [3.63, 3.8) is 0 Å². The van der Waals surface area contributed by atoms with Gasteiger partial charge in [0.2, 0.25) is 0 Å². The van der Waals surface area contributed by atoms with E-state index < -0.39 is 11.6 Å². The van der Waals surface area contributed by atoms with Crippen LogP contribution in [0.1, 0.15) is 44.8 Å². The van der Waals surface area contributed by atoms with Gasteiger partial charge in [-0.2, -0.15) is 0 Å². The van der Waals surface area contributed by atoms with Gasteiger partial charge in [-0.05, 0) is 61.7 Å². The largest absolute Gasteiger partial charge is 0.325 e. The average molecular weight is 368 g/mol. The van der Waals surface area contributed by atoms with Crippen LogP contribution in [0.2, 0.25) is 0 Å². The van der Waals surface area contributed by atoms with E-state index in [1.54, 1.807) is 17.4 Å². The molecular formula is C20H20N2O3S. The van der Waals surface area contributed by atoms with Crippen LogP contribution in [-0.4, -0.2) is 29.2 Å². The number of Topliss-reactive ketones (excluding diaryl/α,β-unsaturated/α-hetero) is 1. The van der Waals surface area contributed by atoms with Gasteiger partial charge in [-0.3, -0.25) is 14.5 Å². The summed E-state index contributed by atoms with van der Waals surface area (Å²) in [5.74, 6) is -0.533. The summed E-state index contributed by atoms with van der Waals surface area (Å²) in [5.41, 5.74) is 2.54. The molecule has 1 aliphatic carbocycles. The van der Waals surface area contributed by atoms with Gasteiger partial charge < -0.3 is 5.32 Å². The minimum Gasteiger partial charge on any atom is -0.319 e. The summed E-state index contributed by atoms with van der Waals surface area (Å²) in [5, 5.41) is 4.84. The molecule has 1 unspecified atom stereocenters. The molecule has 1 saturated heterocycles. The van der Waals surface area contributed by atoms with E-state index >= 15 is 0 Å². The van der Waals surface area contributed by atoms with Gasteiger partial charge in [0.25, 0.3) is 5.91 Å². The molecule has 26 heavy (non-hydrogen) atoms. The molecule has 1 spiro atoms. The smallest absolute Gasteiger partial charge is 0.319 e. The highest BCUT2D eigenvalue weighted by atomic mass is 32.1. The Bertz CT molecular complexity index is 933. The van der Waals surface area contributed by atoms with E-state index in [9.17, 15) is 14.4 Å². The lowest BCUT2D eigenvalue weighted by Crippen LogP contribution is -2.46. The van der Waals surface area contributed by atoms with Gasteiger partial charge >= 0.3 is 6.03 Å². The fraction of sp³-hybridized carbons (Fsp3) is 0.350. The maximum atomic E-state index is 13.1. The van der Waals surface area contributed by atoms with Crippen LogP contribution in [0.5, 0.6) is 0 Å². The van der Waals surface area contributed by atoms with E-state index in [2.05, 4.69) is 5.32 Å². The highest BCUT2D eigenvalue weighted by molar-refractivity contribution is 7.10. The highest BCUT2D eigenvalue weighted by Crippen LogP contribution is 2.42. The number of urea groups is 1. The molecular weight excluding hydrogens is 348 g/mol. The summed E-state index contributed by atoms with van der Waals surface area (Å²) >= 11 is 1.62. The van der Waals surface area contributed by atoms with Gasteiger partial charge in [0.1, 0.15) is 5.54 Å². The monoisotopic (exact) mass is 368 g/mol. The molecule has 4 rings (SSSR count). The van der Waals surface area contributed by atoms with Gasteiger partial charge in [-0.25, -0.2) is 4.79 Å². The molecule has 2 heterocycles. The number of carbonyl (C=O) groups is 3. The molecule has 0 radical (unpaired) electrons. The summed E-state index contributed by atoms with van der Waals surface area (Å²) in [6, 6.07) is 6.88. The van der Waals surface area contributed by atoms with Gasteiger partial charge in [-0.1, -0.05) is 12.1 Å². The number of hydrogen-bond donors (Lipinski definition) is 1. The Kier molecular flexibility index (Phi) is 3.95. The molecule has 1 aliphatic heterocycles. The van der Waals surface area contributed by atoms with E-state index in [1.165, 1.54) is 0 Å². The summed E-state index contributed by atoms with van der Waals surface area (Å²) in [4.78, 5) is 40.5.